The van der Waals surface area contributed by atoms with Gasteiger partial charge in [-0.3, -0.25) is 0 Å². The van der Waals surface area contributed by atoms with Gasteiger partial charge >= 0.3 is 6.18 Å². The lowest BCUT2D eigenvalue weighted by Crippen LogP contribution is -2.46. The summed E-state index contributed by atoms with van der Waals surface area (Å²) >= 11 is 0. The van der Waals surface area contributed by atoms with E-state index in [1.165, 1.54) is 0 Å². The molecule has 0 radical (unpaired) electrons. The second-order valence-corrected chi connectivity index (χ2v) is 6.22. The van der Waals surface area contributed by atoms with Crippen LogP contribution in [0.1, 0.15) is 31.4 Å². The summed E-state index contributed by atoms with van der Waals surface area (Å²) in [5, 5.41) is 9.83. The summed E-state index contributed by atoms with van der Waals surface area (Å²) in [6, 6.07) is 1.00. The van der Waals surface area contributed by atoms with E-state index in [0.717, 1.165) is 18.9 Å². The molecule has 2 atom stereocenters. The number of halogens is 3. The van der Waals surface area contributed by atoms with Gasteiger partial charge in [0, 0.05) is 32.2 Å². The van der Waals surface area contributed by atoms with Gasteiger partial charge in [0.25, 0.3) is 0 Å². The highest BCUT2D eigenvalue weighted by atomic mass is 19.4. The van der Waals surface area contributed by atoms with Crippen LogP contribution < -0.4 is 9.80 Å². The Balaban J connectivity index is 2.02. The Hall–Kier alpha value is -1.57. The van der Waals surface area contributed by atoms with E-state index >= 15 is 0 Å². The van der Waals surface area contributed by atoms with Crippen LogP contribution in [-0.2, 0) is 6.18 Å². The lowest BCUT2D eigenvalue weighted by atomic mass is 10.0. The van der Waals surface area contributed by atoms with Gasteiger partial charge in [-0.15, -0.1) is 0 Å². The van der Waals surface area contributed by atoms with Crippen molar-refractivity contribution >= 4 is 11.8 Å². The summed E-state index contributed by atoms with van der Waals surface area (Å²) in [7, 11) is 3.31. The first-order valence-corrected chi connectivity index (χ1v) is 7.35. The van der Waals surface area contributed by atoms with Gasteiger partial charge in [0.05, 0.1) is 6.10 Å². The van der Waals surface area contributed by atoms with Crippen LogP contribution in [0.25, 0.3) is 0 Å². The van der Waals surface area contributed by atoms with Crippen LogP contribution >= 0.6 is 0 Å². The van der Waals surface area contributed by atoms with Crippen LogP contribution in [0.5, 0.6) is 0 Å². The van der Waals surface area contributed by atoms with E-state index in [-0.39, 0.29) is 30.0 Å². The maximum absolute atomic E-state index is 13.1. The molecule has 0 spiro atoms. The van der Waals surface area contributed by atoms with Crippen molar-refractivity contribution in [2.75, 3.05) is 23.9 Å². The number of hydrogen-bond donors (Lipinski definition) is 1. The third kappa shape index (κ3) is 2.71. The third-order valence-corrected chi connectivity index (χ3v) is 4.39. The molecule has 0 amide bonds. The second kappa shape index (κ2) is 5.26. The molecule has 2 fully saturated rings. The van der Waals surface area contributed by atoms with Gasteiger partial charge in [0.2, 0.25) is 5.95 Å². The van der Waals surface area contributed by atoms with Crippen LogP contribution in [0.4, 0.5) is 24.9 Å². The van der Waals surface area contributed by atoms with Crippen LogP contribution in [-0.4, -0.2) is 47.4 Å². The van der Waals surface area contributed by atoms with E-state index in [1.54, 1.807) is 19.0 Å². The molecule has 5 nitrogen and oxygen atoms in total. The van der Waals surface area contributed by atoms with Crippen molar-refractivity contribution in [3.05, 3.63) is 11.8 Å². The number of anilines is 2. The Kier molecular flexibility index (Phi) is 3.66. The third-order valence-electron chi connectivity index (χ3n) is 4.39. The van der Waals surface area contributed by atoms with Crippen molar-refractivity contribution in [3.63, 3.8) is 0 Å². The molecule has 1 aromatic heterocycles. The van der Waals surface area contributed by atoms with Crippen LogP contribution in [0.15, 0.2) is 6.07 Å². The van der Waals surface area contributed by atoms with Gasteiger partial charge in [-0.2, -0.15) is 18.2 Å². The molecular weight excluding hydrogens is 297 g/mol. The molecule has 22 heavy (non-hydrogen) atoms. The largest absolute Gasteiger partial charge is 0.433 e. The Morgan fingerprint density at radius 3 is 2.27 bits per heavy atom. The molecule has 2 bridgehead atoms. The smallest absolute Gasteiger partial charge is 0.393 e. The number of aliphatic hydroxyl groups excluding tert-OH is 1. The highest BCUT2D eigenvalue weighted by Gasteiger charge is 2.43. The average molecular weight is 316 g/mol. The Labute approximate surface area is 126 Å². The second-order valence-electron chi connectivity index (χ2n) is 6.22. The molecule has 0 aromatic carbocycles. The van der Waals surface area contributed by atoms with Crippen molar-refractivity contribution in [1.82, 2.24) is 9.97 Å². The minimum Gasteiger partial charge on any atom is -0.393 e. The summed E-state index contributed by atoms with van der Waals surface area (Å²) in [5.74, 6) is 0.362. The van der Waals surface area contributed by atoms with Crippen molar-refractivity contribution in [2.45, 2.75) is 50.0 Å². The number of alkyl halides is 3. The Morgan fingerprint density at radius 1 is 1.18 bits per heavy atom. The van der Waals surface area contributed by atoms with Gasteiger partial charge in [-0.25, -0.2) is 4.98 Å². The molecule has 2 aliphatic rings. The normalized spacial score (nSPS) is 28.1. The fraction of sp³-hybridized carbons (Fsp3) is 0.714. The summed E-state index contributed by atoms with van der Waals surface area (Å²) in [6.07, 6.45) is -2.04. The first kappa shape index (κ1) is 15.3. The van der Waals surface area contributed by atoms with Crippen molar-refractivity contribution in [2.24, 2.45) is 0 Å². The maximum atomic E-state index is 13.1. The van der Waals surface area contributed by atoms with E-state index < -0.39 is 11.9 Å². The maximum Gasteiger partial charge on any atom is 0.433 e. The number of hydrogen-bond acceptors (Lipinski definition) is 5. The highest BCUT2D eigenvalue weighted by molar-refractivity contribution is 5.48. The molecule has 3 heterocycles. The standard InChI is InChI=1S/C14H19F3N4O/c1-20(2)12-7-11(14(15,16)17)18-13(19-12)21-8-3-4-9(21)6-10(22)5-8/h7-10,22H,3-6H2,1-2H3. The molecular formula is C14H19F3N4O. The van der Waals surface area contributed by atoms with Gasteiger partial charge in [-0.05, 0) is 25.7 Å². The fourth-order valence-corrected chi connectivity index (χ4v) is 3.39. The zero-order valence-electron chi connectivity index (χ0n) is 12.5. The molecule has 0 saturated carbocycles. The molecule has 1 N–H and O–H groups in total. The zero-order chi connectivity index (χ0) is 16.1. The molecule has 2 aliphatic heterocycles. The average Bonchev–Trinajstić information content (AvgIpc) is 2.69. The number of rotatable bonds is 2. The number of piperidine rings is 1. The SMILES string of the molecule is CN(C)c1cc(C(F)(F)F)nc(N2C3CCC2CC(O)C3)n1. The molecule has 1 aromatic rings. The quantitative estimate of drug-likeness (QED) is 0.905. The first-order chi connectivity index (χ1) is 10.3. The van der Waals surface area contributed by atoms with Crippen molar-refractivity contribution in [1.29, 1.82) is 0 Å². The Bertz CT molecular complexity index is 550. The summed E-state index contributed by atoms with van der Waals surface area (Å²) in [6.45, 7) is 0. The van der Waals surface area contributed by atoms with E-state index in [9.17, 15) is 18.3 Å². The summed E-state index contributed by atoms with van der Waals surface area (Å²) in [4.78, 5) is 11.5. The molecule has 2 unspecified atom stereocenters. The summed E-state index contributed by atoms with van der Waals surface area (Å²) in [5.41, 5.74) is -0.924. The van der Waals surface area contributed by atoms with Crippen LogP contribution in [0.3, 0.4) is 0 Å². The molecule has 8 heteroatoms. The van der Waals surface area contributed by atoms with E-state index in [1.807, 2.05) is 4.90 Å². The monoisotopic (exact) mass is 316 g/mol. The van der Waals surface area contributed by atoms with Gasteiger partial charge < -0.3 is 14.9 Å². The van der Waals surface area contributed by atoms with E-state index in [4.69, 9.17) is 0 Å². The molecule has 122 valence electrons. The topological polar surface area (TPSA) is 52.5 Å². The fourth-order valence-electron chi connectivity index (χ4n) is 3.39. The molecule has 0 aliphatic carbocycles. The van der Waals surface area contributed by atoms with Crippen molar-refractivity contribution < 1.29 is 18.3 Å². The Morgan fingerprint density at radius 2 is 1.77 bits per heavy atom. The zero-order valence-corrected chi connectivity index (χ0v) is 12.5. The molecule has 2 saturated heterocycles. The van der Waals surface area contributed by atoms with Crippen LogP contribution in [0.2, 0.25) is 0 Å². The van der Waals surface area contributed by atoms with Crippen LogP contribution in [0, 0.1) is 0 Å². The van der Waals surface area contributed by atoms with Gasteiger partial charge in [-0.1, -0.05) is 0 Å². The van der Waals surface area contributed by atoms with Gasteiger partial charge in [0.1, 0.15) is 5.82 Å². The first-order valence-electron chi connectivity index (χ1n) is 7.35. The predicted molar refractivity (Wildman–Crippen MR) is 75.9 cm³/mol. The lowest BCUT2D eigenvalue weighted by Gasteiger charge is -2.37. The van der Waals surface area contributed by atoms with E-state index in [0.29, 0.717) is 12.8 Å². The lowest BCUT2D eigenvalue weighted by molar-refractivity contribution is -0.141. The number of aromatic nitrogens is 2. The van der Waals surface area contributed by atoms with Gasteiger partial charge in [0.15, 0.2) is 5.69 Å². The molecule has 3 rings (SSSR count). The minimum absolute atomic E-state index is 0.0206. The number of nitrogens with zero attached hydrogens (tertiary/aromatic N) is 4. The number of fused-ring (bicyclic) bond motifs is 2. The summed E-state index contributed by atoms with van der Waals surface area (Å²) < 4.78 is 39.2. The predicted octanol–water partition coefficient (Wildman–Crippen LogP) is 2.05. The number of aliphatic hydroxyl groups is 1. The minimum atomic E-state index is -4.50. The van der Waals surface area contributed by atoms with Crippen molar-refractivity contribution in [3.8, 4) is 0 Å². The highest BCUT2D eigenvalue weighted by Crippen LogP contribution is 2.39. The van der Waals surface area contributed by atoms with E-state index in [2.05, 4.69) is 9.97 Å².